The van der Waals surface area contributed by atoms with Crippen LogP contribution in [0.25, 0.3) is 0 Å². The quantitative estimate of drug-likeness (QED) is 0.791. The first-order valence-corrected chi connectivity index (χ1v) is 4.90. The van der Waals surface area contributed by atoms with Crippen LogP contribution in [0.15, 0.2) is 6.07 Å². The Hall–Kier alpha value is -0.870. The lowest BCUT2D eigenvalue weighted by atomic mass is 10.0. The number of aromatic hydroxyl groups is 1. The molecule has 0 amide bonds. The molecule has 1 aromatic carbocycles. The molecule has 84 valence electrons. The average molecular weight is 236 g/mol. The maximum Gasteiger partial charge on any atom is 0.202 e. The summed E-state index contributed by atoms with van der Waals surface area (Å²) in [6.07, 6.45) is 0.360. The first-order valence-electron chi connectivity index (χ1n) is 4.52. The molecular formula is C10H12ClF2NO. The van der Waals surface area contributed by atoms with Crippen molar-refractivity contribution < 1.29 is 13.9 Å². The summed E-state index contributed by atoms with van der Waals surface area (Å²) in [4.78, 5) is 0. The van der Waals surface area contributed by atoms with Crippen LogP contribution < -0.4 is 5.73 Å². The molecule has 1 rings (SSSR count). The fourth-order valence-corrected chi connectivity index (χ4v) is 1.46. The maximum atomic E-state index is 13.1. The van der Waals surface area contributed by atoms with Crippen LogP contribution in [0.2, 0.25) is 5.02 Å². The number of hydrogen-bond acceptors (Lipinski definition) is 2. The van der Waals surface area contributed by atoms with Gasteiger partial charge in [0.15, 0.2) is 11.6 Å². The van der Waals surface area contributed by atoms with Crippen molar-refractivity contribution in [3.63, 3.8) is 0 Å². The van der Waals surface area contributed by atoms with Gasteiger partial charge in [0, 0.05) is 0 Å². The van der Waals surface area contributed by atoms with E-state index >= 15 is 0 Å². The molecule has 0 fully saturated rings. The summed E-state index contributed by atoms with van der Waals surface area (Å²) in [5.74, 6) is -3.14. The highest BCUT2D eigenvalue weighted by Crippen LogP contribution is 2.30. The summed E-state index contributed by atoms with van der Waals surface area (Å²) in [5.41, 5.74) is 5.67. The standard InChI is InChI=1S/C10H12ClF2NO/c1-5(4-14)2-6-3-7(11)8(12)9(13)10(6)15/h3,5,15H,2,4,14H2,1H3. The van der Waals surface area contributed by atoms with Crippen molar-refractivity contribution in [2.45, 2.75) is 13.3 Å². The van der Waals surface area contributed by atoms with E-state index in [0.717, 1.165) is 0 Å². The van der Waals surface area contributed by atoms with Crippen molar-refractivity contribution in [3.05, 3.63) is 28.3 Å². The molecule has 0 heterocycles. The number of phenolic OH excluding ortho intramolecular Hbond substituents is 1. The van der Waals surface area contributed by atoms with Crippen LogP contribution >= 0.6 is 11.6 Å². The van der Waals surface area contributed by atoms with Gasteiger partial charge in [-0.3, -0.25) is 0 Å². The Morgan fingerprint density at radius 2 is 2.07 bits per heavy atom. The van der Waals surface area contributed by atoms with Gasteiger partial charge in [-0.1, -0.05) is 18.5 Å². The number of hydrogen-bond donors (Lipinski definition) is 2. The van der Waals surface area contributed by atoms with Crippen LogP contribution in [0.3, 0.4) is 0 Å². The van der Waals surface area contributed by atoms with Crippen LogP contribution in [-0.2, 0) is 6.42 Å². The maximum absolute atomic E-state index is 13.1. The number of phenols is 1. The molecule has 0 aliphatic carbocycles. The summed E-state index contributed by atoms with van der Waals surface area (Å²) in [6.45, 7) is 2.24. The first-order chi connectivity index (χ1) is 6.97. The van der Waals surface area contributed by atoms with Gasteiger partial charge in [0.25, 0.3) is 0 Å². The van der Waals surface area contributed by atoms with Crippen molar-refractivity contribution in [2.24, 2.45) is 11.7 Å². The zero-order valence-electron chi connectivity index (χ0n) is 8.23. The Morgan fingerprint density at radius 1 is 1.47 bits per heavy atom. The van der Waals surface area contributed by atoms with Gasteiger partial charge < -0.3 is 10.8 Å². The monoisotopic (exact) mass is 235 g/mol. The van der Waals surface area contributed by atoms with Crippen molar-refractivity contribution in [1.82, 2.24) is 0 Å². The van der Waals surface area contributed by atoms with Crippen molar-refractivity contribution >= 4 is 11.6 Å². The molecule has 0 aliphatic rings. The Balaban J connectivity index is 3.09. The predicted molar refractivity (Wildman–Crippen MR) is 55.0 cm³/mol. The second kappa shape index (κ2) is 4.77. The average Bonchev–Trinajstić information content (AvgIpc) is 2.22. The summed E-state index contributed by atoms with van der Waals surface area (Å²) in [6, 6.07) is 1.22. The lowest BCUT2D eigenvalue weighted by Gasteiger charge is -2.11. The zero-order chi connectivity index (χ0) is 11.6. The van der Waals surface area contributed by atoms with E-state index in [4.69, 9.17) is 17.3 Å². The fraction of sp³-hybridized carbons (Fsp3) is 0.400. The largest absolute Gasteiger partial charge is 0.505 e. The van der Waals surface area contributed by atoms with Gasteiger partial charge in [0.1, 0.15) is 0 Å². The Bertz CT molecular complexity index is 371. The van der Waals surface area contributed by atoms with Gasteiger partial charge in [0.05, 0.1) is 5.02 Å². The normalized spacial score (nSPS) is 12.9. The molecule has 2 nitrogen and oxygen atoms in total. The molecule has 0 radical (unpaired) electrons. The lowest BCUT2D eigenvalue weighted by molar-refractivity contribution is 0.397. The van der Waals surface area contributed by atoms with Crippen LogP contribution in [-0.4, -0.2) is 11.7 Å². The van der Waals surface area contributed by atoms with Gasteiger partial charge in [-0.25, -0.2) is 4.39 Å². The van der Waals surface area contributed by atoms with Crippen LogP contribution in [0.5, 0.6) is 5.75 Å². The summed E-state index contributed by atoms with van der Waals surface area (Å²) >= 11 is 5.46. The van der Waals surface area contributed by atoms with Gasteiger partial charge >= 0.3 is 0 Å². The molecule has 15 heavy (non-hydrogen) atoms. The topological polar surface area (TPSA) is 46.2 Å². The molecule has 1 aromatic rings. The summed E-state index contributed by atoms with van der Waals surface area (Å²) < 4.78 is 26.0. The van der Waals surface area contributed by atoms with Gasteiger partial charge in [-0.05, 0) is 30.5 Å². The fourth-order valence-electron chi connectivity index (χ4n) is 1.25. The second-order valence-corrected chi connectivity index (χ2v) is 3.95. The van der Waals surface area contributed by atoms with Crippen molar-refractivity contribution in [3.8, 4) is 5.75 Å². The minimum Gasteiger partial charge on any atom is -0.505 e. The molecule has 0 aromatic heterocycles. The third kappa shape index (κ3) is 2.58. The second-order valence-electron chi connectivity index (χ2n) is 3.54. The van der Waals surface area contributed by atoms with E-state index in [-0.39, 0.29) is 16.5 Å². The highest BCUT2D eigenvalue weighted by atomic mass is 35.5. The highest BCUT2D eigenvalue weighted by molar-refractivity contribution is 6.30. The van der Waals surface area contributed by atoms with Gasteiger partial charge in [-0.2, -0.15) is 4.39 Å². The van der Waals surface area contributed by atoms with Crippen molar-refractivity contribution in [2.75, 3.05) is 6.54 Å². The number of rotatable bonds is 3. The van der Waals surface area contributed by atoms with Crippen LogP contribution in [0, 0.1) is 17.6 Å². The van der Waals surface area contributed by atoms with Gasteiger partial charge in [0.2, 0.25) is 5.82 Å². The number of nitrogens with two attached hydrogens (primary N) is 1. The van der Waals surface area contributed by atoms with Crippen LogP contribution in [0.4, 0.5) is 8.78 Å². The first kappa shape index (κ1) is 12.2. The molecule has 1 atom stereocenters. The third-order valence-corrected chi connectivity index (χ3v) is 2.46. The summed E-state index contributed by atoms with van der Waals surface area (Å²) in [5, 5.41) is 9.00. The minimum absolute atomic E-state index is 0.0665. The van der Waals surface area contributed by atoms with E-state index in [9.17, 15) is 13.9 Å². The molecule has 0 saturated heterocycles. The highest BCUT2D eigenvalue weighted by Gasteiger charge is 2.17. The molecular weight excluding hydrogens is 224 g/mol. The lowest BCUT2D eigenvalue weighted by Crippen LogP contribution is -2.13. The Labute approximate surface area is 91.7 Å². The molecule has 0 spiro atoms. The van der Waals surface area contributed by atoms with E-state index in [1.807, 2.05) is 6.92 Å². The summed E-state index contributed by atoms with van der Waals surface area (Å²) in [7, 11) is 0. The number of halogens is 3. The van der Waals surface area contributed by atoms with Crippen LogP contribution in [0.1, 0.15) is 12.5 Å². The van der Waals surface area contributed by atoms with Gasteiger partial charge in [-0.15, -0.1) is 0 Å². The molecule has 5 heteroatoms. The van der Waals surface area contributed by atoms with E-state index in [2.05, 4.69) is 0 Å². The number of benzene rings is 1. The third-order valence-electron chi connectivity index (χ3n) is 2.19. The molecule has 3 N–H and O–H groups in total. The smallest absolute Gasteiger partial charge is 0.202 e. The van der Waals surface area contributed by atoms with E-state index < -0.39 is 17.4 Å². The van der Waals surface area contributed by atoms with E-state index in [0.29, 0.717) is 13.0 Å². The molecule has 1 unspecified atom stereocenters. The molecule has 0 aliphatic heterocycles. The van der Waals surface area contributed by atoms with E-state index in [1.165, 1.54) is 6.07 Å². The molecule has 0 saturated carbocycles. The minimum atomic E-state index is -1.30. The van der Waals surface area contributed by atoms with E-state index in [1.54, 1.807) is 0 Å². The predicted octanol–water partition coefficient (Wildman–Crippen LogP) is 2.46. The zero-order valence-corrected chi connectivity index (χ0v) is 8.98. The Morgan fingerprint density at radius 3 is 2.60 bits per heavy atom. The van der Waals surface area contributed by atoms with Crippen molar-refractivity contribution in [1.29, 1.82) is 0 Å². The Kier molecular flexibility index (Phi) is 3.88. The molecule has 0 bridgehead atoms. The SMILES string of the molecule is CC(CN)Cc1cc(Cl)c(F)c(F)c1O.